The molecule has 0 aliphatic rings. The van der Waals surface area contributed by atoms with E-state index in [2.05, 4.69) is 4.98 Å². The van der Waals surface area contributed by atoms with Crippen LogP contribution >= 0.6 is 0 Å². The Hall–Kier alpha value is -1.16. The topological polar surface area (TPSA) is 48.1 Å². The van der Waals surface area contributed by atoms with Crippen LogP contribution in [0.1, 0.15) is 11.9 Å². The zero-order valence-corrected chi connectivity index (χ0v) is 6.83. The number of aromatic nitrogens is 1. The summed E-state index contributed by atoms with van der Waals surface area (Å²) in [4.78, 5) is 3.84. The van der Waals surface area contributed by atoms with Crippen LogP contribution in [0.15, 0.2) is 18.3 Å². The molecule has 0 bridgehead atoms. The normalized spacial score (nSPS) is 12.6. The molecule has 0 saturated carbocycles. The van der Waals surface area contributed by atoms with Crippen LogP contribution in [0.25, 0.3) is 0 Å². The molecule has 1 rings (SSSR count). The van der Waals surface area contributed by atoms with Crippen molar-refractivity contribution in [2.45, 2.75) is 6.17 Å². The molecule has 0 saturated heterocycles. The summed E-state index contributed by atoms with van der Waals surface area (Å²) in [5, 5.41) is 0. The minimum atomic E-state index is -1.25. The number of hydrogen-bond donors (Lipinski definition) is 1. The predicted octanol–water partition coefficient (Wildman–Crippen LogP) is 1.06. The number of rotatable bonds is 3. The van der Waals surface area contributed by atoms with E-state index in [1.807, 2.05) is 0 Å². The van der Waals surface area contributed by atoms with Crippen molar-refractivity contribution in [3.8, 4) is 5.75 Å². The Morgan fingerprint density at radius 3 is 3.08 bits per heavy atom. The molecule has 0 spiro atoms. The number of alkyl halides is 1. The van der Waals surface area contributed by atoms with Crippen LogP contribution < -0.4 is 10.5 Å². The lowest BCUT2D eigenvalue weighted by atomic mass is 10.2. The van der Waals surface area contributed by atoms with Gasteiger partial charge in [0.05, 0.1) is 7.11 Å². The van der Waals surface area contributed by atoms with E-state index in [0.29, 0.717) is 5.75 Å². The molecule has 4 heteroatoms. The summed E-state index contributed by atoms with van der Waals surface area (Å²) in [7, 11) is 1.48. The van der Waals surface area contributed by atoms with Crippen LogP contribution in [0, 0.1) is 0 Å². The lowest BCUT2D eigenvalue weighted by molar-refractivity contribution is 0.322. The number of ether oxygens (including phenoxy) is 1. The van der Waals surface area contributed by atoms with Gasteiger partial charge in [-0.3, -0.25) is 4.98 Å². The third kappa shape index (κ3) is 1.71. The van der Waals surface area contributed by atoms with Gasteiger partial charge in [0.15, 0.2) is 6.17 Å². The summed E-state index contributed by atoms with van der Waals surface area (Å²) in [6, 6.07) is 3.34. The Bertz CT molecular complexity index is 255. The zero-order valence-electron chi connectivity index (χ0n) is 6.83. The first-order valence-electron chi connectivity index (χ1n) is 3.62. The molecule has 66 valence electrons. The SMILES string of the molecule is COc1cccnc1C(F)CN. The first-order chi connectivity index (χ1) is 5.79. The molecular formula is C8H11FN2O. The summed E-state index contributed by atoms with van der Waals surface area (Å²) in [5.41, 5.74) is 5.42. The lowest BCUT2D eigenvalue weighted by Crippen LogP contribution is -2.10. The molecule has 1 aromatic heterocycles. The fourth-order valence-corrected chi connectivity index (χ4v) is 0.922. The molecule has 1 heterocycles. The second-order valence-electron chi connectivity index (χ2n) is 2.29. The van der Waals surface area contributed by atoms with Crippen molar-refractivity contribution in [1.29, 1.82) is 0 Å². The molecule has 12 heavy (non-hydrogen) atoms. The van der Waals surface area contributed by atoms with Crippen molar-refractivity contribution in [1.82, 2.24) is 4.98 Å². The van der Waals surface area contributed by atoms with E-state index < -0.39 is 6.17 Å². The summed E-state index contributed by atoms with van der Waals surface area (Å²) >= 11 is 0. The summed E-state index contributed by atoms with van der Waals surface area (Å²) in [6.07, 6.45) is 0.265. The van der Waals surface area contributed by atoms with Crippen molar-refractivity contribution in [3.05, 3.63) is 24.0 Å². The van der Waals surface area contributed by atoms with E-state index in [4.69, 9.17) is 10.5 Å². The van der Waals surface area contributed by atoms with Crippen LogP contribution in [0.4, 0.5) is 4.39 Å². The van der Waals surface area contributed by atoms with Gasteiger partial charge in [0.1, 0.15) is 11.4 Å². The minimum absolute atomic E-state index is 0.0760. The maximum absolute atomic E-state index is 13.0. The zero-order chi connectivity index (χ0) is 8.97. The Kier molecular flexibility index (Phi) is 2.99. The van der Waals surface area contributed by atoms with E-state index >= 15 is 0 Å². The van der Waals surface area contributed by atoms with Gasteiger partial charge >= 0.3 is 0 Å². The van der Waals surface area contributed by atoms with E-state index in [-0.39, 0.29) is 12.2 Å². The van der Waals surface area contributed by atoms with E-state index in [0.717, 1.165) is 0 Å². The van der Waals surface area contributed by atoms with Crippen LogP contribution in [-0.4, -0.2) is 18.6 Å². The van der Waals surface area contributed by atoms with Crippen molar-refractivity contribution in [3.63, 3.8) is 0 Å². The van der Waals surface area contributed by atoms with E-state index in [1.165, 1.54) is 13.3 Å². The van der Waals surface area contributed by atoms with Crippen LogP contribution in [0.2, 0.25) is 0 Å². The molecule has 1 atom stereocenters. The Labute approximate surface area is 70.4 Å². The number of nitrogens with two attached hydrogens (primary N) is 1. The molecule has 0 fully saturated rings. The highest BCUT2D eigenvalue weighted by Gasteiger charge is 2.13. The van der Waals surface area contributed by atoms with Crippen LogP contribution in [0.3, 0.4) is 0 Å². The van der Waals surface area contributed by atoms with Gasteiger partial charge in [-0.25, -0.2) is 4.39 Å². The average molecular weight is 170 g/mol. The molecular weight excluding hydrogens is 159 g/mol. The van der Waals surface area contributed by atoms with Gasteiger partial charge in [-0.15, -0.1) is 0 Å². The number of pyridine rings is 1. The second kappa shape index (κ2) is 4.01. The number of halogens is 1. The summed E-state index contributed by atoms with van der Waals surface area (Å²) < 4.78 is 18.0. The molecule has 3 nitrogen and oxygen atoms in total. The van der Waals surface area contributed by atoms with Crippen molar-refractivity contribution >= 4 is 0 Å². The lowest BCUT2D eigenvalue weighted by Gasteiger charge is -2.08. The number of hydrogen-bond acceptors (Lipinski definition) is 3. The molecule has 0 aliphatic heterocycles. The van der Waals surface area contributed by atoms with Gasteiger partial charge in [-0.1, -0.05) is 0 Å². The molecule has 0 radical (unpaired) electrons. The van der Waals surface area contributed by atoms with Gasteiger partial charge in [0.2, 0.25) is 0 Å². The first kappa shape index (κ1) is 8.93. The maximum Gasteiger partial charge on any atom is 0.158 e. The standard InChI is InChI=1S/C8H11FN2O/c1-12-7-3-2-4-11-8(7)6(9)5-10/h2-4,6H,5,10H2,1H3. The van der Waals surface area contributed by atoms with Gasteiger partial charge in [0, 0.05) is 12.7 Å². The third-order valence-electron chi connectivity index (χ3n) is 1.52. The van der Waals surface area contributed by atoms with Crippen LogP contribution in [-0.2, 0) is 0 Å². The second-order valence-corrected chi connectivity index (χ2v) is 2.29. The summed E-state index contributed by atoms with van der Waals surface area (Å²) in [6.45, 7) is -0.0760. The van der Waals surface area contributed by atoms with Crippen molar-refractivity contribution < 1.29 is 9.13 Å². The van der Waals surface area contributed by atoms with Gasteiger partial charge in [0.25, 0.3) is 0 Å². The molecule has 1 aromatic rings. The van der Waals surface area contributed by atoms with Crippen molar-refractivity contribution in [2.75, 3.05) is 13.7 Å². The molecule has 0 aromatic carbocycles. The van der Waals surface area contributed by atoms with Gasteiger partial charge in [-0.2, -0.15) is 0 Å². The monoisotopic (exact) mass is 170 g/mol. The maximum atomic E-state index is 13.0. The van der Waals surface area contributed by atoms with Gasteiger partial charge < -0.3 is 10.5 Å². The fourth-order valence-electron chi connectivity index (χ4n) is 0.922. The predicted molar refractivity (Wildman–Crippen MR) is 43.7 cm³/mol. The quantitative estimate of drug-likeness (QED) is 0.737. The fraction of sp³-hybridized carbons (Fsp3) is 0.375. The molecule has 2 N–H and O–H groups in total. The van der Waals surface area contributed by atoms with E-state index in [1.54, 1.807) is 12.1 Å². The largest absolute Gasteiger partial charge is 0.495 e. The molecule has 1 unspecified atom stereocenters. The highest BCUT2D eigenvalue weighted by atomic mass is 19.1. The van der Waals surface area contributed by atoms with E-state index in [9.17, 15) is 4.39 Å². The van der Waals surface area contributed by atoms with Crippen LogP contribution in [0.5, 0.6) is 5.75 Å². The minimum Gasteiger partial charge on any atom is -0.495 e. The first-order valence-corrected chi connectivity index (χ1v) is 3.62. The van der Waals surface area contributed by atoms with Crippen molar-refractivity contribution in [2.24, 2.45) is 5.73 Å². The summed E-state index contributed by atoms with van der Waals surface area (Å²) in [5.74, 6) is 0.440. The Morgan fingerprint density at radius 2 is 2.50 bits per heavy atom. The number of methoxy groups -OCH3 is 1. The van der Waals surface area contributed by atoms with Gasteiger partial charge in [-0.05, 0) is 12.1 Å². The molecule has 0 aliphatic carbocycles. The number of nitrogens with zero attached hydrogens (tertiary/aromatic N) is 1. The average Bonchev–Trinajstić information content (AvgIpc) is 2.16. The third-order valence-corrected chi connectivity index (χ3v) is 1.52. The Balaban J connectivity index is 2.96. The smallest absolute Gasteiger partial charge is 0.158 e. The highest BCUT2D eigenvalue weighted by Crippen LogP contribution is 2.23. The highest BCUT2D eigenvalue weighted by molar-refractivity contribution is 5.28. The Morgan fingerprint density at radius 1 is 1.75 bits per heavy atom. The molecule has 0 amide bonds.